The van der Waals surface area contributed by atoms with Crippen molar-refractivity contribution in [3.05, 3.63) is 58.5 Å². The summed E-state index contributed by atoms with van der Waals surface area (Å²) in [5.74, 6) is 0. The van der Waals surface area contributed by atoms with Crippen LogP contribution in [0.5, 0.6) is 0 Å². The van der Waals surface area contributed by atoms with Crippen LogP contribution in [0.2, 0.25) is 10.0 Å². The van der Waals surface area contributed by atoms with Gasteiger partial charge in [-0.05, 0) is 23.8 Å². The second-order valence-electron chi connectivity index (χ2n) is 2.62. The van der Waals surface area contributed by atoms with E-state index in [1.807, 2.05) is 0 Å². The van der Waals surface area contributed by atoms with E-state index < -0.39 is 18.1 Å². The van der Waals surface area contributed by atoms with Crippen LogP contribution in [0.15, 0.2) is 48.4 Å². The van der Waals surface area contributed by atoms with Gasteiger partial charge < -0.3 is 0 Å². The number of halogens is 2. The second-order valence-corrected chi connectivity index (χ2v) is 3.47. The Bertz CT molecular complexity index is 641. The molecule has 0 bridgehead atoms. The Morgan fingerprint density at radius 2 is 1.71 bits per heavy atom. The molecule has 70 valence electrons. The predicted molar refractivity (Wildman–Crippen MR) is 61.9 cm³/mol. The summed E-state index contributed by atoms with van der Waals surface area (Å²) in [6.07, 6.45) is 0. The molecule has 0 atom stereocenters. The summed E-state index contributed by atoms with van der Waals surface area (Å²) in [6, 6.07) is 2.77. The highest BCUT2D eigenvalue weighted by Crippen LogP contribution is 2.29. The van der Waals surface area contributed by atoms with Gasteiger partial charge in [-0.1, -0.05) is 53.4 Å². The zero-order valence-corrected chi connectivity index (χ0v) is 8.50. The van der Waals surface area contributed by atoms with Crippen LogP contribution in [-0.2, 0) is 0 Å². The van der Waals surface area contributed by atoms with E-state index in [0.717, 1.165) is 0 Å². The lowest BCUT2D eigenvalue weighted by atomic mass is 10.1. The summed E-state index contributed by atoms with van der Waals surface area (Å²) < 4.78 is 38.5. The molecule has 0 aliphatic heterocycles. The summed E-state index contributed by atoms with van der Waals surface area (Å²) in [4.78, 5) is 0. The molecular formula is C12H8Cl2. The van der Waals surface area contributed by atoms with Crippen molar-refractivity contribution in [2.45, 2.75) is 0 Å². The summed E-state index contributed by atoms with van der Waals surface area (Å²) in [5, 5.41) is 0.661. The fraction of sp³-hybridized carbons (Fsp3) is 0. The van der Waals surface area contributed by atoms with Crippen molar-refractivity contribution in [2.24, 2.45) is 0 Å². The normalized spacial score (nSPS) is 15.1. The van der Waals surface area contributed by atoms with Crippen LogP contribution >= 0.6 is 23.2 Å². The molecule has 0 heterocycles. The third kappa shape index (κ3) is 1.92. The molecule has 0 nitrogen and oxygen atoms in total. The zero-order chi connectivity index (χ0) is 14.3. The van der Waals surface area contributed by atoms with Crippen LogP contribution in [0.25, 0.3) is 11.1 Å². The van der Waals surface area contributed by atoms with Crippen LogP contribution in [0.3, 0.4) is 0 Å². The van der Waals surface area contributed by atoms with E-state index in [9.17, 15) is 0 Å². The largest absolute Gasteiger partial charge is 0.0843 e. The van der Waals surface area contributed by atoms with E-state index in [2.05, 4.69) is 0 Å². The SMILES string of the molecule is [2H]c1c([2H])c([2H])c(-c2cc(Cl)ccc2Cl)c([2H])c1[2H]. The molecule has 2 aromatic carbocycles. The molecule has 2 heteroatoms. The van der Waals surface area contributed by atoms with E-state index in [4.69, 9.17) is 30.1 Å². The van der Waals surface area contributed by atoms with Gasteiger partial charge in [0.2, 0.25) is 0 Å². The van der Waals surface area contributed by atoms with Crippen molar-refractivity contribution in [2.75, 3.05) is 0 Å². The van der Waals surface area contributed by atoms with Gasteiger partial charge in [0.05, 0.1) is 6.85 Å². The number of benzene rings is 2. The van der Waals surface area contributed by atoms with Gasteiger partial charge in [-0.2, -0.15) is 0 Å². The quantitative estimate of drug-likeness (QED) is 0.665. The molecule has 0 aliphatic carbocycles. The molecule has 0 N–H and O–H groups in total. The third-order valence-electron chi connectivity index (χ3n) is 1.70. The first-order valence-electron chi connectivity index (χ1n) is 6.37. The summed E-state index contributed by atoms with van der Waals surface area (Å²) in [5.41, 5.74) is 0.379. The molecule has 0 unspecified atom stereocenters. The molecule has 2 rings (SSSR count). The lowest BCUT2D eigenvalue weighted by molar-refractivity contribution is 1.62. The number of hydrogen-bond acceptors (Lipinski definition) is 0. The predicted octanol–water partition coefficient (Wildman–Crippen LogP) is 4.66. The first-order valence-corrected chi connectivity index (χ1v) is 4.62. The monoisotopic (exact) mass is 227 g/mol. The van der Waals surface area contributed by atoms with Crippen molar-refractivity contribution in [1.29, 1.82) is 0 Å². The molecule has 0 aliphatic rings. The summed E-state index contributed by atoms with van der Waals surface area (Å²) >= 11 is 11.9. The van der Waals surface area contributed by atoms with Gasteiger partial charge in [-0.3, -0.25) is 0 Å². The fourth-order valence-corrected chi connectivity index (χ4v) is 1.46. The van der Waals surface area contributed by atoms with Crippen LogP contribution in [-0.4, -0.2) is 0 Å². The highest BCUT2D eigenvalue weighted by Gasteiger charge is 2.02. The first kappa shape index (κ1) is 5.20. The van der Waals surface area contributed by atoms with Crippen molar-refractivity contribution in [1.82, 2.24) is 0 Å². The summed E-state index contributed by atoms with van der Waals surface area (Å²) in [6.45, 7) is 0. The maximum atomic E-state index is 7.87. The minimum Gasteiger partial charge on any atom is -0.0843 e. The van der Waals surface area contributed by atoms with Crippen LogP contribution in [0.1, 0.15) is 6.85 Å². The Morgan fingerprint density at radius 1 is 1.00 bits per heavy atom. The van der Waals surface area contributed by atoms with Crippen LogP contribution in [0, 0.1) is 0 Å². The molecule has 0 amide bonds. The topological polar surface area (TPSA) is 0 Å². The smallest absolute Gasteiger partial charge is 0.0629 e. The maximum Gasteiger partial charge on any atom is 0.0629 e. The minimum absolute atomic E-state index is 0.0542. The fourth-order valence-electron chi connectivity index (χ4n) is 1.07. The molecule has 0 saturated carbocycles. The maximum absolute atomic E-state index is 7.87. The van der Waals surface area contributed by atoms with Gasteiger partial charge in [-0.25, -0.2) is 0 Å². The van der Waals surface area contributed by atoms with Crippen molar-refractivity contribution < 1.29 is 6.85 Å². The molecule has 0 radical (unpaired) electrons. The highest BCUT2D eigenvalue weighted by molar-refractivity contribution is 6.35. The average Bonchev–Trinajstić information content (AvgIpc) is 2.38. The molecule has 0 saturated heterocycles. The molecule has 14 heavy (non-hydrogen) atoms. The number of hydrogen-bond donors (Lipinski definition) is 0. The Labute approximate surface area is 100 Å². The van der Waals surface area contributed by atoms with E-state index >= 15 is 0 Å². The summed E-state index contributed by atoms with van der Waals surface area (Å²) in [7, 11) is 0. The molecular weight excluding hydrogens is 215 g/mol. The molecule has 2 aromatic rings. The van der Waals surface area contributed by atoms with Crippen molar-refractivity contribution in [3.63, 3.8) is 0 Å². The lowest BCUT2D eigenvalue weighted by Crippen LogP contribution is -1.78. The molecule has 0 fully saturated rings. The molecule has 0 aromatic heterocycles. The van der Waals surface area contributed by atoms with Gasteiger partial charge in [0.25, 0.3) is 0 Å². The zero-order valence-electron chi connectivity index (χ0n) is 12.0. The van der Waals surface area contributed by atoms with E-state index in [0.29, 0.717) is 10.6 Å². The van der Waals surface area contributed by atoms with Gasteiger partial charge in [-0.15, -0.1) is 0 Å². The second kappa shape index (κ2) is 4.04. The minimum atomic E-state index is -0.433. The third-order valence-corrected chi connectivity index (χ3v) is 2.26. The Hall–Kier alpha value is -0.980. The van der Waals surface area contributed by atoms with Crippen molar-refractivity contribution >= 4 is 23.2 Å². The van der Waals surface area contributed by atoms with Gasteiger partial charge in [0.1, 0.15) is 0 Å². The van der Waals surface area contributed by atoms with Gasteiger partial charge in [0, 0.05) is 15.6 Å². The van der Waals surface area contributed by atoms with Crippen LogP contribution < -0.4 is 0 Å². The van der Waals surface area contributed by atoms with Gasteiger partial charge >= 0.3 is 0 Å². The van der Waals surface area contributed by atoms with Gasteiger partial charge in [0.15, 0.2) is 0 Å². The molecule has 0 spiro atoms. The van der Waals surface area contributed by atoms with Crippen molar-refractivity contribution in [3.8, 4) is 11.1 Å². The van der Waals surface area contributed by atoms with E-state index in [1.54, 1.807) is 6.07 Å². The standard InChI is InChI=1S/C12H8Cl2/c13-10-6-7-12(14)11(8-10)9-4-2-1-3-5-9/h1-8H/i1D,2D,3D,4D,5D. The highest BCUT2D eigenvalue weighted by atomic mass is 35.5. The first-order chi connectivity index (χ1) is 8.84. The van der Waals surface area contributed by atoms with E-state index in [1.165, 1.54) is 12.1 Å². The Kier molecular flexibility index (Phi) is 1.50. The van der Waals surface area contributed by atoms with E-state index in [-0.39, 0.29) is 22.7 Å². The average molecular weight is 228 g/mol. The Balaban J connectivity index is 2.87. The van der Waals surface area contributed by atoms with Crippen LogP contribution in [0.4, 0.5) is 0 Å². The number of rotatable bonds is 1. The Morgan fingerprint density at radius 3 is 2.43 bits per heavy atom. The lowest BCUT2D eigenvalue weighted by Gasteiger charge is -2.04.